The second-order valence-electron chi connectivity index (χ2n) is 4.18. The maximum atomic E-state index is 11.9. The molecule has 1 rings (SSSR count). The van der Waals surface area contributed by atoms with Crippen LogP contribution in [0.5, 0.6) is 0 Å². The second kappa shape index (κ2) is 7.28. The third-order valence-electron chi connectivity index (χ3n) is 2.80. The van der Waals surface area contributed by atoms with Gasteiger partial charge in [0.05, 0.1) is 15.6 Å². The van der Waals surface area contributed by atoms with Crippen LogP contribution in [0.3, 0.4) is 0 Å². The molecule has 114 valence electrons. The summed E-state index contributed by atoms with van der Waals surface area (Å²) < 4.78 is 0. The molecule has 0 aliphatic carbocycles. The van der Waals surface area contributed by atoms with Crippen LogP contribution in [-0.4, -0.2) is 45.6 Å². The number of aliphatic carboxylic acids is 1. The number of likely N-dealkylation sites (N-methyl/N-ethyl adjacent to an activating group) is 1. The standard InChI is InChI=1S/C12H13ClN2O5S/c1-7(12(17)18)14(2)11(16)6-21-10-4-3-8(13)5-9(10)15(19)20/h3-5,7H,6H2,1-2H3,(H,17,18). The molecule has 0 fully saturated rings. The molecule has 1 aromatic carbocycles. The van der Waals surface area contributed by atoms with Gasteiger partial charge in [0.15, 0.2) is 0 Å². The van der Waals surface area contributed by atoms with E-state index in [4.69, 9.17) is 16.7 Å². The van der Waals surface area contributed by atoms with Crippen LogP contribution >= 0.6 is 23.4 Å². The Labute approximate surface area is 130 Å². The zero-order valence-corrected chi connectivity index (χ0v) is 12.8. The summed E-state index contributed by atoms with van der Waals surface area (Å²) in [5.41, 5.74) is -0.186. The molecule has 1 atom stereocenters. The summed E-state index contributed by atoms with van der Waals surface area (Å²) in [6.07, 6.45) is 0. The molecule has 0 saturated heterocycles. The van der Waals surface area contributed by atoms with Gasteiger partial charge in [-0.05, 0) is 19.1 Å². The van der Waals surface area contributed by atoms with Crippen molar-refractivity contribution in [3.05, 3.63) is 33.3 Å². The zero-order chi connectivity index (χ0) is 16.2. The number of carbonyl (C=O) groups is 2. The largest absolute Gasteiger partial charge is 0.480 e. The van der Waals surface area contributed by atoms with Crippen LogP contribution in [0.4, 0.5) is 5.69 Å². The van der Waals surface area contributed by atoms with Crippen LogP contribution < -0.4 is 0 Å². The lowest BCUT2D eigenvalue weighted by Crippen LogP contribution is -2.41. The molecule has 1 amide bonds. The average Bonchev–Trinajstić information content (AvgIpc) is 2.43. The number of nitro groups is 1. The number of halogens is 1. The molecule has 0 aliphatic heterocycles. The summed E-state index contributed by atoms with van der Waals surface area (Å²) in [6, 6.07) is 3.19. The molecule has 1 unspecified atom stereocenters. The molecule has 0 aliphatic rings. The van der Waals surface area contributed by atoms with Gasteiger partial charge in [-0.3, -0.25) is 14.9 Å². The molecule has 9 heteroatoms. The summed E-state index contributed by atoms with van der Waals surface area (Å²) >= 11 is 6.66. The molecule has 0 aromatic heterocycles. The molecule has 0 radical (unpaired) electrons. The van der Waals surface area contributed by atoms with Gasteiger partial charge < -0.3 is 10.0 Å². The van der Waals surface area contributed by atoms with Crippen LogP contribution in [-0.2, 0) is 9.59 Å². The van der Waals surface area contributed by atoms with Crippen molar-refractivity contribution >= 4 is 40.9 Å². The summed E-state index contributed by atoms with van der Waals surface area (Å²) in [4.78, 5) is 34.4. The van der Waals surface area contributed by atoms with E-state index in [0.29, 0.717) is 4.90 Å². The average molecular weight is 333 g/mol. The summed E-state index contributed by atoms with van der Waals surface area (Å²) in [5.74, 6) is -1.65. The minimum atomic E-state index is -1.12. The highest BCUT2D eigenvalue weighted by molar-refractivity contribution is 8.00. The molecule has 0 saturated carbocycles. The summed E-state index contributed by atoms with van der Waals surface area (Å²) in [7, 11) is 1.37. The Balaban J connectivity index is 2.78. The number of carboxylic acids is 1. The minimum Gasteiger partial charge on any atom is -0.480 e. The number of hydrogen-bond acceptors (Lipinski definition) is 5. The fraction of sp³-hybridized carbons (Fsp3) is 0.333. The molecule has 7 nitrogen and oxygen atoms in total. The number of rotatable bonds is 6. The molecule has 1 N–H and O–H groups in total. The highest BCUT2D eigenvalue weighted by Gasteiger charge is 2.23. The van der Waals surface area contributed by atoms with Crippen molar-refractivity contribution in [1.29, 1.82) is 0 Å². The van der Waals surface area contributed by atoms with E-state index in [1.165, 1.54) is 32.2 Å². The van der Waals surface area contributed by atoms with E-state index in [1.807, 2.05) is 0 Å². The number of thioether (sulfide) groups is 1. The Kier molecular flexibility index (Phi) is 5.98. The number of carbonyl (C=O) groups excluding carboxylic acids is 1. The minimum absolute atomic E-state index is 0.101. The van der Waals surface area contributed by atoms with Crippen LogP contribution in [0, 0.1) is 10.1 Å². The Morgan fingerprint density at radius 1 is 1.52 bits per heavy atom. The van der Waals surface area contributed by atoms with Crippen molar-refractivity contribution in [2.45, 2.75) is 17.9 Å². The van der Waals surface area contributed by atoms with Gasteiger partial charge in [0.2, 0.25) is 5.91 Å². The van der Waals surface area contributed by atoms with Gasteiger partial charge >= 0.3 is 5.97 Å². The van der Waals surface area contributed by atoms with E-state index in [-0.39, 0.29) is 16.5 Å². The lowest BCUT2D eigenvalue weighted by molar-refractivity contribution is -0.387. The van der Waals surface area contributed by atoms with Crippen LogP contribution in [0.1, 0.15) is 6.92 Å². The monoisotopic (exact) mass is 332 g/mol. The maximum Gasteiger partial charge on any atom is 0.326 e. The number of amides is 1. The molecule has 0 heterocycles. The Morgan fingerprint density at radius 3 is 2.67 bits per heavy atom. The van der Waals surface area contributed by atoms with Crippen molar-refractivity contribution < 1.29 is 19.6 Å². The van der Waals surface area contributed by atoms with Gasteiger partial charge in [0.1, 0.15) is 6.04 Å². The summed E-state index contributed by atoms with van der Waals surface area (Å²) in [5, 5.41) is 20.0. The van der Waals surface area contributed by atoms with Crippen molar-refractivity contribution in [3.8, 4) is 0 Å². The predicted molar refractivity (Wildman–Crippen MR) is 78.7 cm³/mol. The van der Waals surface area contributed by atoms with Gasteiger partial charge in [-0.25, -0.2) is 4.79 Å². The van der Waals surface area contributed by atoms with E-state index in [9.17, 15) is 19.7 Å². The smallest absolute Gasteiger partial charge is 0.326 e. The van der Waals surface area contributed by atoms with Crippen molar-refractivity contribution in [1.82, 2.24) is 4.90 Å². The molecule has 21 heavy (non-hydrogen) atoms. The molecule has 1 aromatic rings. The number of benzene rings is 1. The van der Waals surface area contributed by atoms with Crippen LogP contribution in [0.15, 0.2) is 23.1 Å². The predicted octanol–water partition coefficient (Wildman–Crippen LogP) is 2.27. The van der Waals surface area contributed by atoms with Gasteiger partial charge in [-0.1, -0.05) is 11.6 Å². The Morgan fingerprint density at radius 2 is 2.14 bits per heavy atom. The van der Waals surface area contributed by atoms with E-state index < -0.39 is 22.8 Å². The van der Waals surface area contributed by atoms with Crippen molar-refractivity contribution in [2.75, 3.05) is 12.8 Å². The van der Waals surface area contributed by atoms with Gasteiger partial charge in [-0.15, -0.1) is 11.8 Å². The highest BCUT2D eigenvalue weighted by atomic mass is 35.5. The lowest BCUT2D eigenvalue weighted by Gasteiger charge is -2.21. The first-order valence-electron chi connectivity index (χ1n) is 5.79. The third kappa shape index (κ3) is 4.61. The SMILES string of the molecule is CC(C(=O)O)N(C)C(=O)CSc1ccc(Cl)cc1[N+](=O)[O-]. The lowest BCUT2D eigenvalue weighted by atomic mass is 10.3. The summed E-state index contributed by atoms with van der Waals surface area (Å²) in [6.45, 7) is 1.38. The first kappa shape index (κ1) is 17.3. The van der Waals surface area contributed by atoms with Gasteiger partial charge in [-0.2, -0.15) is 0 Å². The first-order valence-corrected chi connectivity index (χ1v) is 7.15. The molecule has 0 spiro atoms. The maximum absolute atomic E-state index is 11.9. The third-order valence-corrected chi connectivity index (χ3v) is 4.08. The number of hydrogen-bond donors (Lipinski definition) is 1. The second-order valence-corrected chi connectivity index (χ2v) is 5.63. The zero-order valence-electron chi connectivity index (χ0n) is 11.3. The molecular weight excluding hydrogens is 320 g/mol. The van der Waals surface area contributed by atoms with E-state index in [2.05, 4.69) is 0 Å². The Hall–Kier alpha value is -1.80. The van der Waals surface area contributed by atoms with Crippen molar-refractivity contribution in [2.24, 2.45) is 0 Å². The van der Waals surface area contributed by atoms with Gasteiger partial charge in [0, 0.05) is 18.1 Å². The fourth-order valence-electron chi connectivity index (χ4n) is 1.38. The number of nitrogens with zero attached hydrogens (tertiary/aromatic N) is 2. The number of carboxylic acid groups (broad SMARTS) is 1. The molecular formula is C12H13ClN2O5S. The normalized spacial score (nSPS) is 11.8. The van der Waals surface area contributed by atoms with E-state index >= 15 is 0 Å². The number of nitro benzene ring substituents is 1. The van der Waals surface area contributed by atoms with E-state index in [0.717, 1.165) is 16.7 Å². The van der Waals surface area contributed by atoms with Crippen LogP contribution in [0.25, 0.3) is 0 Å². The highest BCUT2D eigenvalue weighted by Crippen LogP contribution is 2.31. The molecule has 0 bridgehead atoms. The Bertz CT molecular complexity index is 581. The van der Waals surface area contributed by atoms with Crippen molar-refractivity contribution in [3.63, 3.8) is 0 Å². The van der Waals surface area contributed by atoms with Crippen LogP contribution in [0.2, 0.25) is 5.02 Å². The fourth-order valence-corrected chi connectivity index (χ4v) is 2.47. The van der Waals surface area contributed by atoms with E-state index in [1.54, 1.807) is 0 Å². The van der Waals surface area contributed by atoms with Gasteiger partial charge in [0.25, 0.3) is 5.69 Å². The topological polar surface area (TPSA) is 101 Å². The first-order chi connectivity index (χ1) is 9.73. The quantitative estimate of drug-likeness (QED) is 0.487.